The summed E-state index contributed by atoms with van der Waals surface area (Å²) in [6.45, 7) is 11.8. The van der Waals surface area contributed by atoms with Crippen molar-refractivity contribution in [2.24, 2.45) is 0 Å². The molecule has 248 valence electrons. The van der Waals surface area contributed by atoms with Gasteiger partial charge >= 0.3 is 0 Å². The van der Waals surface area contributed by atoms with E-state index < -0.39 is 15.8 Å². The highest BCUT2D eigenvalue weighted by Gasteiger charge is 2.39. The molecular weight excluding hydrogens is 562 g/mol. The lowest BCUT2D eigenvalue weighted by Crippen LogP contribution is -2.63. The van der Waals surface area contributed by atoms with E-state index >= 15 is 0 Å². The number of carbonyl (C=O) groups excluding carboxylic acids is 2. The number of rotatable bonds is 21. The average Bonchev–Trinajstić information content (AvgIpc) is 3.40. The third-order valence-electron chi connectivity index (χ3n) is 8.18. The number of amides is 2. The minimum Gasteiger partial charge on any atom is -0.323 e. The number of hydrogen-bond donors (Lipinski definition) is 2. The molecule has 0 atom stereocenters. The van der Waals surface area contributed by atoms with Crippen LogP contribution in [0.3, 0.4) is 0 Å². The summed E-state index contributed by atoms with van der Waals surface area (Å²) in [6.07, 6.45) is 21.6. The molecule has 0 saturated carbocycles. The normalized spacial score (nSPS) is 13.7. The van der Waals surface area contributed by atoms with E-state index in [1.54, 1.807) is 12.1 Å². The second-order valence-corrected chi connectivity index (χ2v) is 13.9. The molecule has 0 aromatic heterocycles. The zero-order valence-corrected chi connectivity index (χ0v) is 28.7. The Morgan fingerprint density at radius 1 is 0.860 bits per heavy atom. The average molecular weight is 624 g/mol. The Hall–Kier alpha value is -1.97. The molecule has 1 saturated heterocycles. The molecule has 0 bridgehead atoms. The number of carbonyl (C=O) groups is 2. The Balaban J connectivity index is 0.000000699. The first-order valence-electron chi connectivity index (χ1n) is 16.8. The molecule has 1 aromatic carbocycles. The number of hydrogen-bond acceptors (Lipinski definition) is 5. The van der Waals surface area contributed by atoms with Crippen LogP contribution < -0.4 is 5.43 Å². The van der Waals surface area contributed by atoms with Crippen molar-refractivity contribution in [1.82, 2.24) is 15.3 Å². The molecule has 43 heavy (non-hydrogen) atoms. The highest BCUT2D eigenvalue weighted by atomic mass is 32.2. The first-order chi connectivity index (χ1) is 20.4. The van der Waals surface area contributed by atoms with Gasteiger partial charge in [0.05, 0.1) is 4.90 Å². The van der Waals surface area contributed by atoms with E-state index in [0.29, 0.717) is 12.8 Å². The van der Waals surface area contributed by atoms with Crippen molar-refractivity contribution < 1.29 is 22.6 Å². The van der Waals surface area contributed by atoms with Gasteiger partial charge in [-0.15, -0.1) is 0 Å². The van der Waals surface area contributed by atoms with Crippen LogP contribution in [0.2, 0.25) is 0 Å². The van der Waals surface area contributed by atoms with Crippen molar-refractivity contribution in [3.63, 3.8) is 0 Å². The first kappa shape index (κ1) is 39.1. The summed E-state index contributed by atoms with van der Waals surface area (Å²) in [5, 5.41) is 1.97. The standard InChI is InChI=1S/C27H53N3O2.C7H8O3S/c1-5-7-8-9-10-11-12-13-14-15-16-17-18-19-21-25(31)28-30(23-6-2)27(3,4)29-24-20-22-26(29)32;1-6-2-4-7(5-3-6)11(8,9)10/h5-24H2,1-4H3,(H,28,31);2-5H,1H3,(H,8,9,10). The van der Waals surface area contributed by atoms with Crippen LogP contribution in [-0.2, 0) is 19.7 Å². The largest absolute Gasteiger partial charge is 0.323 e. The number of benzene rings is 1. The van der Waals surface area contributed by atoms with Crippen molar-refractivity contribution in [2.75, 3.05) is 13.1 Å². The van der Waals surface area contributed by atoms with E-state index in [1.807, 2.05) is 30.7 Å². The van der Waals surface area contributed by atoms with Gasteiger partial charge in [0, 0.05) is 25.9 Å². The maximum Gasteiger partial charge on any atom is 0.294 e. The molecule has 8 nitrogen and oxygen atoms in total. The van der Waals surface area contributed by atoms with Crippen LogP contribution in [0.15, 0.2) is 29.2 Å². The number of likely N-dealkylation sites (tertiary alicyclic amines) is 1. The number of nitrogens with zero attached hydrogens (tertiary/aromatic N) is 2. The van der Waals surface area contributed by atoms with Gasteiger partial charge in [-0.3, -0.25) is 19.6 Å². The molecule has 0 spiro atoms. The van der Waals surface area contributed by atoms with E-state index in [4.69, 9.17) is 4.55 Å². The van der Waals surface area contributed by atoms with Gasteiger partial charge in [0.2, 0.25) is 11.8 Å². The smallest absolute Gasteiger partial charge is 0.294 e. The van der Waals surface area contributed by atoms with Crippen LogP contribution >= 0.6 is 0 Å². The Morgan fingerprint density at radius 3 is 1.77 bits per heavy atom. The molecule has 2 N–H and O–H groups in total. The monoisotopic (exact) mass is 623 g/mol. The molecule has 1 heterocycles. The van der Waals surface area contributed by atoms with Crippen molar-refractivity contribution in [3.05, 3.63) is 29.8 Å². The maximum atomic E-state index is 12.5. The third-order valence-corrected chi connectivity index (χ3v) is 9.05. The van der Waals surface area contributed by atoms with Gasteiger partial charge in [0.25, 0.3) is 10.1 Å². The van der Waals surface area contributed by atoms with E-state index in [0.717, 1.165) is 44.3 Å². The predicted octanol–water partition coefficient (Wildman–Crippen LogP) is 8.20. The number of unbranched alkanes of at least 4 members (excludes halogenated alkanes) is 13. The number of nitrogens with one attached hydrogen (secondary N) is 1. The van der Waals surface area contributed by atoms with Gasteiger partial charge in [-0.05, 0) is 52.2 Å². The van der Waals surface area contributed by atoms with Crippen LogP contribution in [0.4, 0.5) is 0 Å². The molecule has 0 radical (unpaired) electrons. The fraction of sp³-hybridized carbons (Fsp3) is 0.765. The van der Waals surface area contributed by atoms with Crippen molar-refractivity contribution in [2.45, 2.75) is 161 Å². The van der Waals surface area contributed by atoms with Crippen molar-refractivity contribution in [1.29, 1.82) is 0 Å². The van der Waals surface area contributed by atoms with Crippen molar-refractivity contribution in [3.8, 4) is 0 Å². The first-order valence-corrected chi connectivity index (χ1v) is 18.3. The highest BCUT2D eigenvalue weighted by Crippen LogP contribution is 2.25. The molecule has 2 rings (SSSR count). The molecule has 0 unspecified atom stereocenters. The van der Waals surface area contributed by atoms with Gasteiger partial charge in [0.15, 0.2) is 0 Å². The zero-order chi connectivity index (χ0) is 32.1. The Kier molecular flexibility index (Phi) is 19.7. The summed E-state index contributed by atoms with van der Waals surface area (Å²) in [5.41, 5.74) is 3.58. The quantitative estimate of drug-likeness (QED) is 0.0812. The molecule has 1 fully saturated rings. The summed E-state index contributed by atoms with van der Waals surface area (Å²) >= 11 is 0. The Bertz CT molecular complexity index is 1010. The summed E-state index contributed by atoms with van der Waals surface area (Å²) in [4.78, 5) is 26.6. The lowest BCUT2D eigenvalue weighted by atomic mass is 10.0. The minimum absolute atomic E-state index is 0.0666. The molecule has 9 heteroatoms. The maximum absolute atomic E-state index is 12.5. The SMILES string of the molecule is CCCCCCCCCCCCCCCCC(=O)NN(CCC)C(C)(C)N1CCCC1=O.Cc1ccc(S(=O)(=O)O)cc1. The Labute approximate surface area is 263 Å². The fourth-order valence-corrected chi connectivity index (χ4v) is 5.94. The van der Waals surface area contributed by atoms with Gasteiger partial charge in [0.1, 0.15) is 5.66 Å². The van der Waals surface area contributed by atoms with Crippen LogP contribution in [0.5, 0.6) is 0 Å². The highest BCUT2D eigenvalue weighted by molar-refractivity contribution is 7.85. The van der Waals surface area contributed by atoms with E-state index in [-0.39, 0.29) is 16.7 Å². The van der Waals surface area contributed by atoms with Crippen LogP contribution in [0, 0.1) is 6.92 Å². The van der Waals surface area contributed by atoms with E-state index in [9.17, 15) is 18.0 Å². The second-order valence-electron chi connectivity index (χ2n) is 12.5. The molecular formula is C34H61N3O5S. The van der Waals surface area contributed by atoms with Gasteiger partial charge in [-0.2, -0.15) is 13.4 Å². The van der Waals surface area contributed by atoms with Gasteiger partial charge < -0.3 is 4.90 Å². The summed E-state index contributed by atoms with van der Waals surface area (Å²) < 4.78 is 29.6. The molecule has 0 aliphatic carbocycles. The number of hydrazine groups is 1. The van der Waals surface area contributed by atoms with E-state index in [1.165, 1.54) is 89.2 Å². The lowest BCUT2D eigenvalue weighted by molar-refractivity contribution is -0.149. The minimum atomic E-state index is -4.02. The third kappa shape index (κ3) is 16.6. The summed E-state index contributed by atoms with van der Waals surface area (Å²) in [6, 6.07) is 5.99. The van der Waals surface area contributed by atoms with Gasteiger partial charge in [-0.25, -0.2) is 0 Å². The number of aryl methyl sites for hydroxylation is 1. The molecule has 1 aliphatic heterocycles. The topological polar surface area (TPSA) is 107 Å². The van der Waals surface area contributed by atoms with Crippen molar-refractivity contribution >= 4 is 21.9 Å². The zero-order valence-electron chi connectivity index (χ0n) is 27.8. The Morgan fingerprint density at radius 2 is 1.35 bits per heavy atom. The van der Waals surface area contributed by atoms with Crippen LogP contribution in [-0.4, -0.2) is 53.4 Å². The van der Waals surface area contributed by atoms with Gasteiger partial charge in [-0.1, -0.05) is 115 Å². The van der Waals surface area contributed by atoms with E-state index in [2.05, 4.69) is 19.3 Å². The lowest BCUT2D eigenvalue weighted by Gasteiger charge is -2.44. The van der Waals surface area contributed by atoms with Crippen LogP contribution in [0.1, 0.15) is 149 Å². The predicted molar refractivity (Wildman–Crippen MR) is 176 cm³/mol. The molecule has 1 aliphatic rings. The molecule has 2 amide bonds. The fourth-order valence-electron chi connectivity index (χ4n) is 5.46. The van der Waals surface area contributed by atoms with Crippen LogP contribution in [0.25, 0.3) is 0 Å². The second kappa shape index (κ2) is 21.7. The summed E-state index contributed by atoms with van der Waals surface area (Å²) in [5.74, 6) is 0.273. The summed E-state index contributed by atoms with van der Waals surface area (Å²) in [7, 11) is -4.02. The molecule has 1 aromatic rings.